The standard InChI is InChI=1S/C22H28N2O3/c25-15-18-9-11-24(12-10-18)14-17-5-7-19(8-6-17)22(27)23-13-20-3-1-2-4-21(20)16-26/h1-8,18,25-26H,9-16H2,(H,23,27). The molecule has 0 unspecified atom stereocenters. The second kappa shape index (κ2) is 9.65. The summed E-state index contributed by atoms with van der Waals surface area (Å²) < 4.78 is 0. The topological polar surface area (TPSA) is 72.8 Å². The molecule has 1 aliphatic heterocycles. The lowest BCUT2D eigenvalue weighted by atomic mass is 9.97. The van der Waals surface area contributed by atoms with E-state index in [4.69, 9.17) is 0 Å². The molecule has 1 saturated heterocycles. The molecule has 0 spiro atoms. The van der Waals surface area contributed by atoms with E-state index in [2.05, 4.69) is 10.2 Å². The Kier molecular flexibility index (Phi) is 6.98. The number of hydrogen-bond acceptors (Lipinski definition) is 4. The zero-order valence-electron chi connectivity index (χ0n) is 15.6. The second-order valence-corrected chi connectivity index (χ2v) is 7.21. The van der Waals surface area contributed by atoms with Crippen molar-refractivity contribution in [1.29, 1.82) is 0 Å². The SMILES string of the molecule is O=C(NCc1ccccc1CO)c1ccc(CN2CCC(CO)CC2)cc1. The molecule has 5 heteroatoms. The Morgan fingerprint density at radius 3 is 2.30 bits per heavy atom. The highest BCUT2D eigenvalue weighted by atomic mass is 16.3. The highest BCUT2D eigenvalue weighted by molar-refractivity contribution is 5.94. The van der Waals surface area contributed by atoms with Gasteiger partial charge in [0.2, 0.25) is 0 Å². The molecule has 1 heterocycles. The summed E-state index contributed by atoms with van der Waals surface area (Å²) in [6.07, 6.45) is 2.10. The third kappa shape index (κ3) is 5.39. The molecule has 1 amide bonds. The predicted molar refractivity (Wildman–Crippen MR) is 105 cm³/mol. The summed E-state index contributed by atoms with van der Waals surface area (Å²) in [4.78, 5) is 14.8. The van der Waals surface area contributed by atoms with Gasteiger partial charge in [-0.15, -0.1) is 0 Å². The van der Waals surface area contributed by atoms with Crippen molar-refractivity contribution in [2.75, 3.05) is 19.7 Å². The number of nitrogens with one attached hydrogen (secondary N) is 1. The fourth-order valence-corrected chi connectivity index (χ4v) is 3.51. The average molecular weight is 368 g/mol. The van der Waals surface area contributed by atoms with Gasteiger partial charge in [0.05, 0.1) is 6.61 Å². The largest absolute Gasteiger partial charge is 0.396 e. The van der Waals surface area contributed by atoms with Crippen molar-refractivity contribution >= 4 is 5.91 Å². The Morgan fingerprint density at radius 1 is 1.00 bits per heavy atom. The number of carbonyl (C=O) groups excluding carboxylic acids is 1. The zero-order valence-corrected chi connectivity index (χ0v) is 15.6. The Labute approximate surface area is 160 Å². The molecule has 0 radical (unpaired) electrons. The molecule has 2 aromatic rings. The second-order valence-electron chi connectivity index (χ2n) is 7.21. The third-order valence-electron chi connectivity index (χ3n) is 5.32. The summed E-state index contributed by atoms with van der Waals surface area (Å²) in [6, 6.07) is 15.3. The summed E-state index contributed by atoms with van der Waals surface area (Å²) >= 11 is 0. The van der Waals surface area contributed by atoms with Crippen molar-refractivity contribution in [1.82, 2.24) is 10.2 Å². The summed E-state index contributed by atoms with van der Waals surface area (Å²) in [7, 11) is 0. The molecule has 3 N–H and O–H groups in total. The minimum atomic E-state index is -0.113. The molecular formula is C22H28N2O3. The van der Waals surface area contributed by atoms with Crippen molar-refractivity contribution in [2.45, 2.75) is 32.5 Å². The number of rotatable bonds is 7. The van der Waals surface area contributed by atoms with Crippen LogP contribution in [-0.4, -0.2) is 40.7 Å². The summed E-state index contributed by atoms with van der Waals surface area (Å²) in [5.74, 6) is 0.335. The average Bonchev–Trinajstić information content (AvgIpc) is 2.73. The lowest BCUT2D eigenvalue weighted by molar-refractivity contribution is 0.0950. The van der Waals surface area contributed by atoms with Gasteiger partial charge in [-0.25, -0.2) is 0 Å². The normalized spacial score (nSPS) is 15.6. The summed E-state index contributed by atoms with van der Waals surface area (Å²) in [5, 5.41) is 21.5. The Morgan fingerprint density at radius 2 is 1.67 bits per heavy atom. The molecule has 2 aromatic carbocycles. The van der Waals surface area contributed by atoms with E-state index in [-0.39, 0.29) is 12.5 Å². The fraction of sp³-hybridized carbons (Fsp3) is 0.409. The van der Waals surface area contributed by atoms with Gasteiger partial charge in [-0.3, -0.25) is 9.69 Å². The quantitative estimate of drug-likeness (QED) is 0.701. The molecule has 27 heavy (non-hydrogen) atoms. The van der Waals surface area contributed by atoms with Crippen molar-refractivity contribution in [3.05, 3.63) is 70.8 Å². The molecule has 0 saturated carbocycles. The van der Waals surface area contributed by atoms with Gasteiger partial charge in [-0.1, -0.05) is 36.4 Å². The lowest BCUT2D eigenvalue weighted by Gasteiger charge is -2.31. The number of likely N-dealkylation sites (tertiary alicyclic amines) is 1. The van der Waals surface area contributed by atoms with Gasteiger partial charge >= 0.3 is 0 Å². The van der Waals surface area contributed by atoms with Crippen molar-refractivity contribution in [2.24, 2.45) is 5.92 Å². The van der Waals surface area contributed by atoms with E-state index in [9.17, 15) is 15.0 Å². The van der Waals surface area contributed by atoms with E-state index in [1.807, 2.05) is 48.5 Å². The highest BCUT2D eigenvalue weighted by Gasteiger charge is 2.18. The van der Waals surface area contributed by atoms with Gasteiger partial charge in [0.25, 0.3) is 5.91 Å². The first-order chi connectivity index (χ1) is 13.2. The van der Waals surface area contributed by atoms with Gasteiger partial charge in [0.15, 0.2) is 0 Å². The first kappa shape index (κ1) is 19.5. The van der Waals surface area contributed by atoms with Crippen LogP contribution in [0.15, 0.2) is 48.5 Å². The number of piperidine rings is 1. The number of amides is 1. The molecule has 0 aliphatic carbocycles. The highest BCUT2D eigenvalue weighted by Crippen LogP contribution is 2.18. The number of benzene rings is 2. The van der Waals surface area contributed by atoms with Crippen molar-refractivity contribution < 1.29 is 15.0 Å². The van der Waals surface area contributed by atoms with E-state index in [0.717, 1.165) is 43.6 Å². The van der Waals surface area contributed by atoms with Crippen LogP contribution in [0.4, 0.5) is 0 Å². The molecule has 5 nitrogen and oxygen atoms in total. The van der Waals surface area contributed by atoms with Crippen molar-refractivity contribution in [3.63, 3.8) is 0 Å². The van der Waals surface area contributed by atoms with Crippen LogP contribution in [0, 0.1) is 5.92 Å². The Bertz CT molecular complexity index is 737. The van der Waals surface area contributed by atoms with Gasteiger partial charge in [0.1, 0.15) is 0 Å². The van der Waals surface area contributed by atoms with E-state index in [1.165, 1.54) is 5.56 Å². The Balaban J connectivity index is 1.51. The summed E-state index contributed by atoms with van der Waals surface area (Å²) in [6.45, 7) is 3.56. The van der Waals surface area contributed by atoms with Crippen LogP contribution < -0.4 is 5.32 Å². The molecule has 0 atom stereocenters. The van der Waals surface area contributed by atoms with E-state index >= 15 is 0 Å². The van der Waals surface area contributed by atoms with Crippen LogP contribution in [-0.2, 0) is 19.7 Å². The summed E-state index contributed by atoms with van der Waals surface area (Å²) in [5.41, 5.74) is 3.59. The van der Waals surface area contributed by atoms with Crippen LogP contribution in [0.25, 0.3) is 0 Å². The monoisotopic (exact) mass is 368 g/mol. The molecule has 1 fully saturated rings. The first-order valence-electron chi connectivity index (χ1n) is 9.57. The van der Waals surface area contributed by atoms with Crippen LogP contribution in [0.5, 0.6) is 0 Å². The lowest BCUT2D eigenvalue weighted by Crippen LogP contribution is -2.34. The maximum atomic E-state index is 12.4. The van der Waals surface area contributed by atoms with Crippen LogP contribution in [0.3, 0.4) is 0 Å². The van der Waals surface area contributed by atoms with Gasteiger partial charge in [0, 0.05) is 25.3 Å². The van der Waals surface area contributed by atoms with Crippen LogP contribution in [0.1, 0.15) is 39.9 Å². The van der Waals surface area contributed by atoms with E-state index in [1.54, 1.807) is 0 Å². The van der Waals surface area contributed by atoms with Crippen LogP contribution in [0.2, 0.25) is 0 Å². The van der Waals surface area contributed by atoms with E-state index < -0.39 is 0 Å². The predicted octanol–water partition coefficient (Wildman–Crippen LogP) is 2.31. The van der Waals surface area contributed by atoms with Crippen molar-refractivity contribution in [3.8, 4) is 0 Å². The number of hydrogen-bond donors (Lipinski definition) is 3. The number of carbonyl (C=O) groups is 1. The van der Waals surface area contributed by atoms with Gasteiger partial charge < -0.3 is 15.5 Å². The molecular weight excluding hydrogens is 340 g/mol. The molecule has 3 rings (SSSR count). The minimum Gasteiger partial charge on any atom is -0.396 e. The molecule has 144 valence electrons. The maximum Gasteiger partial charge on any atom is 0.251 e. The van der Waals surface area contributed by atoms with Crippen LogP contribution >= 0.6 is 0 Å². The number of aliphatic hydroxyl groups excluding tert-OH is 2. The molecule has 0 bridgehead atoms. The minimum absolute atomic E-state index is 0.0315. The Hall–Kier alpha value is -2.21. The molecule has 0 aromatic heterocycles. The smallest absolute Gasteiger partial charge is 0.251 e. The number of aliphatic hydroxyl groups is 2. The first-order valence-corrected chi connectivity index (χ1v) is 9.57. The maximum absolute atomic E-state index is 12.4. The van der Waals surface area contributed by atoms with Gasteiger partial charge in [-0.2, -0.15) is 0 Å². The van der Waals surface area contributed by atoms with E-state index in [0.29, 0.717) is 24.6 Å². The fourth-order valence-electron chi connectivity index (χ4n) is 3.51. The number of nitrogens with zero attached hydrogens (tertiary/aromatic N) is 1. The third-order valence-corrected chi connectivity index (χ3v) is 5.32. The van der Waals surface area contributed by atoms with Gasteiger partial charge in [-0.05, 0) is 60.7 Å². The zero-order chi connectivity index (χ0) is 19.1. The molecule has 1 aliphatic rings.